The molecule has 19 heavy (non-hydrogen) atoms. The molecule has 0 aliphatic rings. The predicted molar refractivity (Wildman–Crippen MR) is 85.8 cm³/mol. The minimum absolute atomic E-state index is 0.0248. The molecule has 0 aliphatic heterocycles. The van der Waals surface area contributed by atoms with E-state index in [0.29, 0.717) is 6.04 Å². The van der Waals surface area contributed by atoms with Crippen LogP contribution in [0.4, 0.5) is 0 Å². The van der Waals surface area contributed by atoms with Crippen LogP contribution in [-0.4, -0.2) is 25.8 Å². The van der Waals surface area contributed by atoms with Crippen LogP contribution in [0.2, 0.25) is 0 Å². The van der Waals surface area contributed by atoms with Crippen molar-refractivity contribution in [2.75, 3.05) is 14.2 Å². The highest BCUT2D eigenvalue weighted by atomic mass is 16.5. The first kappa shape index (κ1) is 18.9. The van der Waals surface area contributed by atoms with Crippen LogP contribution in [-0.2, 0) is 4.74 Å². The van der Waals surface area contributed by atoms with Crippen LogP contribution < -0.4 is 5.32 Å². The van der Waals surface area contributed by atoms with Crippen molar-refractivity contribution >= 4 is 0 Å². The second-order valence-electron chi connectivity index (χ2n) is 5.73. The lowest BCUT2D eigenvalue weighted by molar-refractivity contribution is -0.0481. The van der Waals surface area contributed by atoms with E-state index in [9.17, 15) is 0 Å². The van der Waals surface area contributed by atoms with Gasteiger partial charge in [0.15, 0.2) is 0 Å². The van der Waals surface area contributed by atoms with E-state index in [-0.39, 0.29) is 5.60 Å². The van der Waals surface area contributed by atoms with Crippen molar-refractivity contribution in [3.8, 4) is 0 Å². The standard InChI is InChI=1S/C17H37NO/c1-6-9-10-11-12-13-14-15-16(18-4)17(7-2,8-3)19-5/h16,18H,6-15H2,1-5H3. The minimum atomic E-state index is 0.0248. The Bertz CT molecular complexity index is 181. The molecule has 0 aromatic heterocycles. The van der Waals surface area contributed by atoms with Crippen LogP contribution in [0, 0.1) is 0 Å². The molecule has 0 aromatic rings. The molecule has 0 fully saturated rings. The Balaban J connectivity index is 3.92. The largest absolute Gasteiger partial charge is 0.377 e. The lowest BCUT2D eigenvalue weighted by Crippen LogP contribution is -2.50. The molecule has 0 heterocycles. The summed E-state index contributed by atoms with van der Waals surface area (Å²) in [4.78, 5) is 0. The molecule has 1 N–H and O–H groups in total. The molecule has 0 aromatic carbocycles. The van der Waals surface area contributed by atoms with Crippen LogP contribution >= 0.6 is 0 Å². The number of nitrogens with one attached hydrogen (secondary N) is 1. The molecule has 116 valence electrons. The van der Waals surface area contributed by atoms with Gasteiger partial charge in [-0.15, -0.1) is 0 Å². The molecule has 1 atom stereocenters. The van der Waals surface area contributed by atoms with Gasteiger partial charge in [-0.25, -0.2) is 0 Å². The highest BCUT2D eigenvalue weighted by Gasteiger charge is 2.34. The predicted octanol–water partition coefficient (Wildman–Crippen LogP) is 4.92. The highest BCUT2D eigenvalue weighted by molar-refractivity contribution is 4.90. The number of methoxy groups -OCH3 is 1. The summed E-state index contributed by atoms with van der Waals surface area (Å²) in [6.45, 7) is 6.75. The van der Waals surface area contributed by atoms with E-state index in [1.807, 2.05) is 7.11 Å². The summed E-state index contributed by atoms with van der Waals surface area (Å²) in [5.41, 5.74) is 0.0248. The Morgan fingerprint density at radius 3 is 1.84 bits per heavy atom. The van der Waals surface area contributed by atoms with E-state index in [0.717, 1.165) is 12.8 Å². The van der Waals surface area contributed by atoms with Crippen molar-refractivity contribution in [1.82, 2.24) is 5.32 Å². The minimum Gasteiger partial charge on any atom is -0.377 e. The van der Waals surface area contributed by atoms with Gasteiger partial charge >= 0.3 is 0 Å². The number of ether oxygens (including phenoxy) is 1. The molecule has 0 spiro atoms. The van der Waals surface area contributed by atoms with E-state index in [2.05, 4.69) is 33.1 Å². The lowest BCUT2D eigenvalue weighted by Gasteiger charge is -2.38. The summed E-state index contributed by atoms with van der Waals surface area (Å²) in [6.07, 6.45) is 13.1. The van der Waals surface area contributed by atoms with Crippen LogP contribution in [0.25, 0.3) is 0 Å². The summed E-state index contributed by atoms with van der Waals surface area (Å²) in [5, 5.41) is 3.48. The first-order chi connectivity index (χ1) is 9.20. The fourth-order valence-corrected chi connectivity index (χ4v) is 3.15. The van der Waals surface area contributed by atoms with Gasteiger partial charge in [-0.2, -0.15) is 0 Å². The van der Waals surface area contributed by atoms with E-state index in [1.165, 1.54) is 51.4 Å². The zero-order valence-corrected chi connectivity index (χ0v) is 14.1. The van der Waals surface area contributed by atoms with Gasteiger partial charge in [0.1, 0.15) is 0 Å². The van der Waals surface area contributed by atoms with Crippen LogP contribution in [0.15, 0.2) is 0 Å². The Kier molecular flexibility index (Phi) is 11.7. The maximum absolute atomic E-state index is 5.84. The van der Waals surface area contributed by atoms with Crippen molar-refractivity contribution in [3.05, 3.63) is 0 Å². The molecular formula is C17H37NO. The molecule has 0 saturated heterocycles. The Morgan fingerprint density at radius 2 is 1.42 bits per heavy atom. The summed E-state index contributed by atoms with van der Waals surface area (Å²) in [7, 11) is 3.94. The van der Waals surface area contributed by atoms with Gasteiger partial charge in [0.25, 0.3) is 0 Å². The topological polar surface area (TPSA) is 21.3 Å². The molecule has 0 aliphatic carbocycles. The maximum Gasteiger partial charge on any atom is 0.0825 e. The molecule has 0 bridgehead atoms. The molecule has 0 amide bonds. The third kappa shape index (κ3) is 6.76. The Labute approximate surface area is 121 Å². The lowest BCUT2D eigenvalue weighted by atomic mass is 9.85. The smallest absolute Gasteiger partial charge is 0.0825 e. The summed E-state index contributed by atoms with van der Waals surface area (Å²) in [5.74, 6) is 0. The van der Waals surface area contributed by atoms with Crippen LogP contribution in [0.1, 0.15) is 85.0 Å². The third-order valence-corrected chi connectivity index (χ3v) is 4.68. The average Bonchev–Trinajstić information content (AvgIpc) is 2.46. The van der Waals surface area contributed by atoms with Gasteiger partial charge in [-0.05, 0) is 26.3 Å². The van der Waals surface area contributed by atoms with Gasteiger partial charge in [-0.1, -0.05) is 65.7 Å². The van der Waals surface area contributed by atoms with E-state index in [4.69, 9.17) is 4.74 Å². The number of unbranched alkanes of at least 4 members (excludes halogenated alkanes) is 6. The zero-order valence-electron chi connectivity index (χ0n) is 14.1. The molecule has 2 heteroatoms. The average molecular weight is 271 g/mol. The van der Waals surface area contributed by atoms with Crippen molar-refractivity contribution in [2.45, 2.75) is 96.6 Å². The number of hydrogen-bond donors (Lipinski definition) is 1. The molecule has 0 saturated carbocycles. The van der Waals surface area contributed by atoms with Gasteiger partial charge in [0, 0.05) is 13.2 Å². The first-order valence-electron chi connectivity index (χ1n) is 8.43. The van der Waals surface area contributed by atoms with Crippen molar-refractivity contribution < 1.29 is 4.74 Å². The van der Waals surface area contributed by atoms with E-state index in [1.54, 1.807) is 0 Å². The van der Waals surface area contributed by atoms with Gasteiger partial charge < -0.3 is 10.1 Å². The monoisotopic (exact) mass is 271 g/mol. The van der Waals surface area contributed by atoms with E-state index < -0.39 is 0 Å². The van der Waals surface area contributed by atoms with Gasteiger partial charge in [0.05, 0.1) is 5.60 Å². The molecule has 2 nitrogen and oxygen atoms in total. The number of rotatable bonds is 13. The molecule has 0 rings (SSSR count). The Hall–Kier alpha value is -0.0800. The third-order valence-electron chi connectivity index (χ3n) is 4.68. The van der Waals surface area contributed by atoms with Crippen molar-refractivity contribution in [2.24, 2.45) is 0 Å². The van der Waals surface area contributed by atoms with Crippen LogP contribution in [0.5, 0.6) is 0 Å². The number of hydrogen-bond acceptors (Lipinski definition) is 2. The highest BCUT2D eigenvalue weighted by Crippen LogP contribution is 2.27. The summed E-state index contributed by atoms with van der Waals surface area (Å²) in [6, 6.07) is 0.489. The fraction of sp³-hybridized carbons (Fsp3) is 1.00. The Morgan fingerprint density at radius 1 is 0.895 bits per heavy atom. The molecule has 0 radical (unpaired) electrons. The van der Waals surface area contributed by atoms with E-state index >= 15 is 0 Å². The zero-order chi connectivity index (χ0) is 14.6. The van der Waals surface area contributed by atoms with Crippen molar-refractivity contribution in [3.63, 3.8) is 0 Å². The molecule has 1 unspecified atom stereocenters. The SMILES string of the molecule is CCCCCCCCCC(NC)C(CC)(CC)OC. The normalized spacial score (nSPS) is 13.7. The fourth-order valence-electron chi connectivity index (χ4n) is 3.15. The van der Waals surface area contributed by atoms with Gasteiger partial charge in [0.2, 0.25) is 0 Å². The van der Waals surface area contributed by atoms with Gasteiger partial charge in [-0.3, -0.25) is 0 Å². The number of likely N-dealkylation sites (N-methyl/N-ethyl adjacent to an activating group) is 1. The van der Waals surface area contributed by atoms with Crippen LogP contribution in [0.3, 0.4) is 0 Å². The quantitative estimate of drug-likeness (QED) is 0.480. The van der Waals surface area contributed by atoms with Crippen molar-refractivity contribution in [1.29, 1.82) is 0 Å². The second kappa shape index (κ2) is 11.7. The first-order valence-corrected chi connectivity index (χ1v) is 8.43. The molecular weight excluding hydrogens is 234 g/mol. The second-order valence-corrected chi connectivity index (χ2v) is 5.73. The summed E-state index contributed by atoms with van der Waals surface area (Å²) >= 11 is 0. The maximum atomic E-state index is 5.84. The summed E-state index contributed by atoms with van der Waals surface area (Å²) < 4.78 is 5.84.